The van der Waals surface area contributed by atoms with Crippen molar-refractivity contribution in [3.05, 3.63) is 42.1 Å². The lowest BCUT2D eigenvalue weighted by atomic mass is 10.1. The Kier molecular flexibility index (Phi) is 6.58. The van der Waals surface area contributed by atoms with Gasteiger partial charge in [0.1, 0.15) is 5.75 Å². The number of carboxylic acid groups (broad SMARTS) is 1. The van der Waals surface area contributed by atoms with Gasteiger partial charge in [-0.1, -0.05) is 6.07 Å². The van der Waals surface area contributed by atoms with E-state index in [0.29, 0.717) is 17.8 Å². The van der Waals surface area contributed by atoms with Gasteiger partial charge in [-0.15, -0.1) is 0 Å². The summed E-state index contributed by atoms with van der Waals surface area (Å²) in [5, 5.41) is 9.48. The number of nitrogens with one attached hydrogen (secondary N) is 1. The summed E-state index contributed by atoms with van der Waals surface area (Å²) in [7, 11) is 0. The highest BCUT2D eigenvalue weighted by atomic mass is 16.5. The summed E-state index contributed by atoms with van der Waals surface area (Å²) in [5.41, 5.74) is 1.95. The van der Waals surface area contributed by atoms with Crippen molar-refractivity contribution < 1.29 is 19.4 Å². The van der Waals surface area contributed by atoms with E-state index >= 15 is 0 Å². The number of aliphatic carboxylic acids is 1. The Morgan fingerprint density at radius 3 is 2.50 bits per heavy atom. The van der Waals surface area contributed by atoms with Crippen LogP contribution in [0.4, 0.5) is 0 Å². The number of H-pyrrole nitrogens is 1. The number of hydrogen-bond donors (Lipinski definition) is 2. The number of aromatic nitrogens is 1. The number of hydrogen-bond acceptors (Lipinski definition) is 4. The third-order valence-electron chi connectivity index (χ3n) is 4.29. The van der Waals surface area contributed by atoms with Gasteiger partial charge in [-0.05, 0) is 51.8 Å². The monoisotopic (exact) mass is 358 g/mol. The normalized spacial score (nSPS) is 12.0. The molecule has 0 aliphatic heterocycles. The van der Waals surface area contributed by atoms with Gasteiger partial charge in [0.15, 0.2) is 0 Å². The first-order chi connectivity index (χ1) is 12.3. The zero-order valence-electron chi connectivity index (χ0n) is 15.7. The number of ether oxygens (including phenoxy) is 1. The summed E-state index contributed by atoms with van der Waals surface area (Å²) in [6.07, 6.45) is 4.43. The third-order valence-corrected chi connectivity index (χ3v) is 4.29. The van der Waals surface area contributed by atoms with Crippen LogP contribution in [0, 0.1) is 0 Å². The molecule has 0 aliphatic carbocycles. The van der Waals surface area contributed by atoms with Crippen molar-refractivity contribution in [1.29, 1.82) is 0 Å². The lowest BCUT2D eigenvalue weighted by Crippen LogP contribution is -2.38. The first kappa shape index (κ1) is 19.7. The Morgan fingerprint density at radius 1 is 1.19 bits per heavy atom. The average Bonchev–Trinajstić information content (AvgIpc) is 2.97. The van der Waals surface area contributed by atoms with E-state index in [1.54, 1.807) is 12.1 Å². The Balaban J connectivity index is 2.24. The predicted octanol–water partition coefficient (Wildman–Crippen LogP) is 3.38. The largest absolute Gasteiger partial charge is 0.478 e. The molecule has 0 fully saturated rings. The molecule has 2 N–H and O–H groups in total. The number of benzene rings is 1. The molecule has 0 bridgehead atoms. The number of carbonyl (C=O) groups excluding carboxylic acids is 1. The van der Waals surface area contributed by atoms with Gasteiger partial charge in [-0.3, -0.25) is 4.90 Å². The van der Waals surface area contributed by atoms with E-state index in [2.05, 4.69) is 37.6 Å². The lowest BCUT2D eigenvalue weighted by Gasteiger charge is -2.30. The second-order valence-corrected chi connectivity index (χ2v) is 6.76. The fourth-order valence-corrected chi connectivity index (χ4v) is 3.15. The van der Waals surface area contributed by atoms with Crippen LogP contribution in [0.1, 0.15) is 33.3 Å². The first-order valence-corrected chi connectivity index (χ1v) is 8.77. The number of fused-ring (bicyclic) bond motifs is 1. The van der Waals surface area contributed by atoms with Crippen LogP contribution in [0.3, 0.4) is 0 Å². The van der Waals surface area contributed by atoms with Gasteiger partial charge in [0.05, 0.1) is 0 Å². The number of esters is 1. The van der Waals surface area contributed by atoms with Gasteiger partial charge < -0.3 is 14.8 Å². The second kappa shape index (κ2) is 8.67. The van der Waals surface area contributed by atoms with E-state index in [9.17, 15) is 9.59 Å². The average molecular weight is 358 g/mol. The van der Waals surface area contributed by atoms with Crippen molar-refractivity contribution in [2.45, 2.75) is 46.2 Å². The molecule has 1 heterocycles. The molecule has 0 unspecified atom stereocenters. The van der Waals surface area contributed by atoms with E-state index in [4.69, 9.17) is 9.84 Å². The molecule has 0 radical (unpaired) electrons. The Bertz CT molecular complexity index is 797. The molecule has 0 saturated heterocycles. The number of aromatic amines is 1. The minimum atomic E-state index is -1.19. The summed E-state index contributed by atoms with van der Waals surface area (Å²) in [5.74, 6) is -1.47. The summed E-state index contributed by atoms with van der Waals surface area (Å²) >= 11 is 0. The third kappa shape index (κ3) is 4.95. The van der Waals surface area contributed by atoms with Crippen LogP contribution >= 0.6 is 0 Å². The molecule has 0 spiro atoms. The summed E-state index contributed by atoms with van der Waals surface area (Å²) in [4.78, 5) is 28.0. The zero-order chi connectivity index (χ0) is 19.3. The number of carbonyl (C=O) groups is 2. The van der Waals surface area contributed by atoms with Crippen LogP contribution in [0.5, 0.6) is 5.75 Å². The fraction of sp³-hybridized carbons (Fsp3) is 0.400. The Morgan fingerprint density at radius 2 is 1.88 bits per heavy atom. The molecule has 26 heavy (non-hydrogen) atoms. The van der Waals surface area contributed by atoms with Crippen molar-refractivity contribution in [2.24, 2.45) is 0 Å². The van der Waals surface area contributed by atoms with Gasteiger partial charge in [0, 0.05) is 47.9 Å². The molecule has 6 nitrogen and oxygen atoms in total. The maximum atomic E-state index is 11.8. The lowest BCUT2D eigenvalue weighted by molar-refractivity contribution is -0.133. The van der Waals surface area contributed by atoms with Gasteiger partial charge in [0.2, 0.25) is 0 Å². The molecule has 0 aliphatic rings. The summed E-state index contributed by atoms with van der Waals surface area (Å²) < 4.78 is 5.36. The Labute approximate surface area is 153 Å². The molecule has 1 aromatic heterocycles. The van der Waals surface area contributed by atoms with Gasteiger partial charge >= 0.3 is 11.9 Å². The highest BCUT2D eigenvalue weighted by Gasteiger charge is 2.16. The molecular weight excluding hydrogens is 332 g/mol. The topological polar surface area (TPSA) is 82.6 Å². The van der Waals surface area contributed by atoms with Crippen molar-refractivity contribution in [1.82, 2.24) is 9.88 Å². The van der Waals surface area contributed by atoms with E-state index in [1.165, 1.54) is 0 Å². The first-order valence-electron chi connectivity index (χ1n) is 8.77. The minimum absolute atomic E-state index is 0.430. The standard InChI is InChI=1S/C20H26N2O4/c1-13(2)22(14(3)4)11-10-15-12-21-16-6-5-7-17(20(15)16)26-19(25)9-8-18(23)24/h5-9,12-14,21H,10-11H2,1-4H3,(H,23,24)/b9-8+. The van der Waals surface area contributed by atoms with Crippen LogP contribution in [0.25, 0.3) is 10.9 Å². The van der Waals surface area contributed by atoms with Gasteiger partial charge in [-0.2, -0.15) is 0 Å². The SMILES string of the molecule is CC(C)N(CCc1c[nH]c2cccc(OC(=O)/C=C/C(=O)O)c12)C(C)C. The van der Waals surface area contributed by atoms with Crippen LogP contribution in [0.2, 0.25) is 0 Å². The highest BCUT2D eigenvalue weighted by molar-refractivity contribution is 5.95. The van der Waals surface area contributed by atoms with Gasteiger partial charge in [0.25, 0.3) is 0 Å². The van der Waals surface area contributed by atoms with E-state index in [1.807, 2.05) is 12.3 Å². The smallest absolute Gasteiger partial charge is 0.336 e. The Hall–Kier alpha value is -2.60. The van der Waals surface area contributed by atoms with Crippen molar-refractivity contribution in [2.75, 3.05) is 6.54 Å². The van der Waals surface area contributed by atoms with Gasteiger partial charge in [-0.25, -0.2) is 9.59 Å². The number of rotatable bonds is 8. The van der Waals surface area contributed by atoms with Crippen LogP contribution in [0.15, 0.2) is 36.5 Å². The molecule has 0 atom stereocenters. The molecule has 2 aromatic rings. The van der Waals surface area contributed by atoms with Crippen LogP contribution < -0.4 is 4.74 Å². The second-order valence-electron chi connectivity index (χ2n) is 6.76. The quantitative estimate of drug-likeness (QED) is 0.429. The summed E-state index contributed by atoms with van der Waals surface area (Å²) in [6.45, 7) is 9.60. The van der Waals surface area contributed by atoms with Crippen molar-refractivity contribution in [3.63, 3.8) is 0 Å². The molecule has 0 amide bonds. The molecule has 140 valence electrons. The van der Waals surface area contributed by atoms with E-state index in [0.717, 1.165) is 41.6 Å². The maximum absolute atomic E-state index is 11.8. The molecule has 1 aromatic carbocycles. The zero-order valence-corrected chi connectivity index (χ0v) is 15.7. The van der Waals surface area contributed by atoms with E-state index in [-0.39, 0.29) is 0 Å². The molecular formula is C20H26N2O4. The van der Waals surface area contributed by atoms with E-state index < -0.39 is 11.9 Å². The highest BCUT2D eigenvalue weighted by Crippen LogP contribution is 2.29. The number of nitrogens with zero attached hydrogens (tertiary/aromatic N) is 1. The van der Waals surface area contributed by atoms with Crippen molar-refractivity contribution in [3.8, 4) is 5.75 Å². The molecule has 6 heteroatoms. The fourth-order valence-electron chi connectivity index (χ4n) is 3.15. The molecule has 2 rings (SSSR count). The van der Waals surface area contributed by atoms with Crippen LogP contribution in [-0.2, 0) is 16.0 Å². The maximum Gasteiger partial charge on any atom is 0.336 e. The van der Waals surface area contributed by atoms with Crippen LogP contribution in [-0.4, -0.2) is 45.6 Å². The van der Waals surface area contributed by atoms with Crippen molar-refractivity contribution >= 4 is 22.8 Å². The number of carboxylic acids is 1. The molecule has 0 saturated carbocycles. The predicted molar refractivity (Wildman–Crippen MR) is 101 cm³/mol. The minimum Gasteiger partial charge on any atom is -0.478 e. The summed E-state index contributed by atoms with van der Waals surface area (Å²) in [6, 6.07) is 6.32.